The number of carbonyl (C=O) groups is 2. The normalized spacial score (nSPS) is 9.62. The fourth-order valence-corrected chi connectivity index (χ4v) is 1.35. The highest BCUT2D eigenvalue weighted by molar-refractivity contribution is 14.1. The maximum absolute atomic E-state index is 11.6. The first kappa shape index (κ1) is 13.0. The molecule has 0 bridgehead atoms. The Labute approximate surface area is 108 Å². The quantitative estimate of drug-likeness (QED) is 0.522. The van der Waals surface area contributed by atoms with Gasteiger partial charge in [0.05, 0.1) is 22.3 Å². The maximum Gasteiger partial charge on any atom is 0.340 e. The minimum absolute atomic E-state index is 0.141. The SMILES string of the molecule is CCOC(=O)c1ccccc1NC(=O)CI. The molecular weight excluding hydrogens is 321 g/mol. The highest BCUT2D eigenvalue weighted by atomic mass is 127. The topological polar surface area (TPSA) is 55.4 Å². The van der Waals surface area contributed by atoms with Crippen molar-refractivity contribution in [3.63, 3.8) is 0 Å². The second kappa shape index (κ2) is 6.47. The third-order valence-electron chi connectivity index (χ3n) is 1.82. The van der Waals surface area contributed by atoms with E-state index < -0.39 is 5.97 Å². The number of carbonyl (C=O) groups excluding carboxylic acids is 2. The molecule has 5 heteroatoms. The van der Waals surface area contributed by atoms with Crippen LogP contribution in [0.2, 0.25) is 0 Å². The molecule has 0 saturated heterocycles. The van der Waals surface area contributed by atoms with E-state index in [1.54, 1.807) is 31.2 Å². The zero-order valence-corrected chi connectivity index (χ0v) is 11.0. The Morgan fingerprint density at radius 1 is 1.38 bits per heavy atom. The van der Waals surface area contributed by atoms with Gasteiger partial charge in [0.15, 0.2) is 0 Å². The molecule has 1 N–H and O–H groups in total. The number of alkyl halides is 1. The number of halogens is 1. The first-order valence-electron chi connectivity index (χ1n) is 4.81. The molecule has 0 aliphatic heterocycles. The zero-order valence-electron chi connectivity index (χ0n) is 8.83. The molecule has 0 heterocycles. The Kier molecular flexibility index (Phi) is 5.24. The Morgan fingerprint density at radius 2 is 2.06 bits per heavy atom. The van der Waals surface area contributed by atoms with Crippen LogP contribution in [0.5, 0.6) is 0 Å². The van der Waals surface area contributed by atoms with Gasteiger partial charge in [-0.2, -0.15) is 0 Å². The zero-order chi connectivity index (χ0) is 12.0. The summed E-state index contributed by atoms with van der Waals surface area (Å²) < 4.78 is 5.23. The molecule has 0 unspecified atom stereocenters. The summed E-state index contributed by atoms with van der Waals surface area (Å²) in [5.41, 5.74) is 0.866. The van der Waals surface area contributed by atoms with Gasteiger partial charge in [0.1, 0.15) is 0 Å². The Balaban J connectivity index is 2.91. The molecule has 4 nitrogen and oxygen atoms in total. The summed E-state index contributed by atoms with van der Waals surface area (Å²) in [6, 6.07) is 6.79. The van der Waals surface area contributed by atoms with Gasteiger partial charge in [-0.05, 0) is 19.1 Å². The average molecular weight is 333 g/mol. The van der Waals surface area contributed by atoms with E-state index in [-0.39, 0.29) is 5.91 Å². The molecule has 1 rings (SSSR count). The number of ether oxygens (including phenoxy) is 1. The second-order valence-electron chi connectivity index (χ2n) is 2.95. The van der Waals surface area contributed by atoms with Crippen molar-refractivity contribution in [2.45, 2.75) is 6.92 Å². The minimum atomic E-state index is -0.424. The molecular formula is C11H12INO3. The van der Waals surface area contributed by atoms with Crippen molar-refractivity contribution < 1.29 is 14.3 Å². The molecule has 0 atom stereocenters. The van der Waals surface area contributed by atoms with Gasteiger partial charge in [-0.25, -0.2) is 4.79 Å². The van der Waals surface area contributed by atoms with Gasteiger partial charge in [0.25, 0.3) is 0 Å². The van der Waals surface area contributed by atoms with E-state index in [2.05, 4.69) is 5.32 Å². The van der Waals surface area contributed by atoms with Gasteiger partial charge < -0.3 is 10.1 Å². The lowest BCUT2D eigenvalue weighted by molar-refractivity contribution is -0.113. The third-order valence-corrected chi connectivity index (χ3v) is 2.51. The van der Waals surface area contributed by atoms with Crippen LogP contribution >= 0.6 is 22.6 Å². The van der Waals surface area contributed by atoms with Crippen LogP contribution in [0, 0.1) is 0 Å². The monoisotopic (exact) mass is 333 g/mol. The molecule has 1 aromatic rings. The summed E-state index contributed by atoms with van der Waals surface area (Å²) in [5.74, 6) is -0.566. The van der Waals surface area contributed by atoms with Crippen LogP contribution in [-0.2, 0) is 9.53 Å². The highest BCUT2D eigenvalue weighted by Crippen LogP contribution is 2.16. The molecule has 0 saturated carbocycles. The summed E-state index contributed by atoms with van der Waals surface area (Å²) in [5, 5.41) is 2.65. The standard InChI is InChI=1S/C11H12INO3/c1-2-16-11(15)8-5-3-4-6-9(8)13-10(14)7-12/h3-6H,2,7H2,1H3,(H,13,14). The van der Waals surface area contributed by atoms with Crippen molar-refractivity contribution in [1.29, 1.82) is 0 Å². The van der Waals surface area contributed by atoms with E-state index in [1.807, 2.05) is 22.6 Å². The Morgan fingerprint density at radius 3 is 2.69 bits per heavy atom. The van der Waals surface area contributed by atoms with E-state index in [4.69, 9.17) is 4.74 Å². The van der Waals surface area contributed by atoms with E-state index in [9.17, 15) is 9.59 Å². The molecule has 0 aliphatic carbocycles. The molecule has 0 aromatic heterocycles. The smallest absolute Gasteiger partial charge is 0.340 e. The average Bonchev–Trinajstić information content (AvgIpc) is 2.30. The number of anilines is 1. The predicted molar refractivity (Wildman–Crippen MR) is 69.9 cm³/mol. The molecule has 16 heavy (non-hydrogen) atoms. The van der Waals surface area contributed by atoms with Gasteiger partial charge in [-0.15, -0.1) is 0 Å². The van der Waals surface area contributed by atoms with Gasteiger partial charge in [-0.3, -0.25) is 4.79 Å². The number of rotatable bonds is 4. The first-order chi connectivity index (χ1) is 7.69. The van der Waals surface area contributed by atoms with E-state index in [1.165, 1.54) is 0 Å². The van der Waals surface area contributed by atoms with Crippen LogP contribution in [0.25, 0.3) is 0 Å². The predicted octanol–water partition coefficient (Wildman–Crippen LogP) is 2.24. The minimum Gasteiger partial charge on any atom is -0.462 e. The lowest BCUT2D eigenvalue weighted by atomic mass is 10.2. The number of hydrogen-bond donors (Lipinski definition) is 1. The van der Waals surface area contributed by atoms with Crippen LogP contribution in [0.4, 0.5) is 5.69 Å². The fraction of sp³-hybridized carbons (Fsp3) is 0.273. The number of benzene rings is 1. The molecule has 1 amide bonds. The van der Waals surface area contributed by atoms with Gasteiger partial charge in [0.2, 0.25) is 5.91 Å². The van der Waals surface area contributed by atoms with Crippen molar-refractivity contribution in [2.75, 3.05) is 16.4 Å². The van der Waals surface area contributed by atoms with Gasteiger partial charge >= 0.3 is 5.97 Å². The summed E-state index contributed by atoms with van der Waals surface area (Å²) in [6.07, 6.45) is 0. The van der Waals surface area contributed by atoms with Crippen molar-refractivity contribution in [3.05, 3.63) is 29.8 Å². The number of para-hydroxylation sites is 1. The van der Waals surface area contributed by atoms with Crippen LogP contribution in [0.15, 0.2) is 24.3 Å². The van der Waals surface area contributed by atoms with Gasteiger partial charge in [-0.1, -0.05) is 34.7 Å². The molecule has 0 aliphatic rings. The van der Waals surface area contributed by atoms with E-state index in [0.717, 1.165) is 0 Å². The molecule has 0 radical (unpaired) electrons. The number of esters is 1. The van der Waals surface area contributed by atoms with Crippen molar-refractivity contribution in [2.24, 2.45) is 0 Å². The number of hydrogen-bond acceptors (Lipinski definition) is 3. The highest BCUT2D eigenvalue weighted by Gasteiger charge is 2.12. The van der Waals surface area contributed by atoms with E-state index >= 15 is 0 Å². The molecule has 0 spiro atoms. The maximum atomic E-state index is 11.6. The summed E-state index contributed by atoms with van der Waals surface area (Å²) in [6.45, 7) is 2.05. The van der Waals surface area contributed by atoms with Crippen LogP contribution < -0.4 is 5.32 Å². The van der Waals surface area contributed by atoms with Crippen molar-refractivity contribution >= 4 is 40.2 Å². The second-order valence-corrected chi connectivity index (χ2v) is 3.71. The first-order valence-corrected chi connectivity index (χ1v) is 6.33. The largest absolute Gasteiger partial charge is 0.462 e. The molecule has 1 aromatic carbocycles. The molecule has 86 valence electrons. The van der Waals surface area contributed by atoms with Crippen molar-refractivity contribution in [1.82, 2.24) is 0 Å². The van der Waals surface area contributed by atoms with Crippen molar-refractivity contribution in [3.8, 4) is 0 Å². The Hall–Kier alpha value is -1.11. The summed E-state index contributed by atoms with van der Waals surface area (Å²) >= 11 is 1.96. The summed E-state index contributed by atoms with van der Waals surface area (Å²) in [4.78, 5) is 22.8. The third kappa shape index (κ3) is 3.48. The molecule has 0 fully saturated rings. The van der Waals surface area contributed by atoms with Crippen LogP contribution in [-0.4, -0.2) is 22.9 Å². The lowest BCUT2D eigenvalue weighted by Gasteiger charge is -2.08. The summed E-state index contributed by atoms with van der Waals surface area (Å²) in [7, 11) is 0. The number of amides is 1. The van der Waals surface area contributed by atoms with Crippen LogP contribution in [0.3, 0.4) is 0 Å². The lowest BCUT2D eigenvalue weighted by Crippen LogP contribution is -2.16. The Bertz CT molecular complexity index is 393. The van der Waals surface area contributed by atoms with E-state index in [0.29, 0.717) is 22.3 Å². The van der Waals surface area contributed by atoms with Gasteiger partial charge in [0, 0.05) is 0 Å². The van der Waals surface area contributed by atoms with Crippen LogP contribution in [0.1, 0.15) is 17.3 Å². The number of nitrogens with one attached hydrogen (secondary N) is 1. The fourth-order valence-electron chi connectivity index (χ4n) is 1.16.